The molecule has 0 saturated carbocycles. The second-order valence-electron chi connectivity index (χ2n) is 4.46. The molecule has 2 aromatic rings. The average Bonchev–Trinajstić information content (AvgIpc) is 2.49. The Hall–Kier alpha value is -1.54. The highest BCUT2D eigenvalue weighted by molar-refractivity contribution is 6.17. The first-order valence-electron chi connectivity index (χ1n) is 6.69. The fraction of sp³-hybridized carbons (Fsp3) is 0.312. The van der Waals surface area contributed by atoms with E-state index in [0.29, 0.717) is 5.88 Å². The van der Waals surface area contributed by atoms with Gasteiger partial charge in [0.25, 0.3) is 0 Å². The summed E-state index contributed by atoms with van der Waals surface area (Å²) in [6.07, 6.45) is 4.12. The molecule has 1 aromatic heterocycles. The standard InChI is InChI=1S/C16H19ClN2/c1-2-3-12-19(15-9-5-4-6-10-15)16-14(13-17)8-7-11-18-16/h4-11H,2-3,12-13H2,1H3. The Bertz CT molecular complexity index is 499. The third-order valence-electron chi connectivity index (χ3n) is 3.07. The molecule has 0 unspecified atom stereocenters. The largest absolute Gasteiger partial charge is 0.326 e. The number of benzene rings is 1. The van der Waals surface area contributed by atoms with Crippen molar-refractivity contribution in [3.63, 3.8) is 0 Å². The predicted octanol–water partition coefficient (Wildman–Crippen LogP) is 4.76. The van der Waals surface area contributed by atoms with E-state index in [1.165, 1.54) is 5.69 Å². The maximum atomic E-state index is 6.03. The van der Waals surface area contributed by atoms with E-state index in [0.717, 1.165) is 30.8 Å². The van der Waals surface area contributed by atoms with E-state index in [1.807, 2.05) is 24.4 Å². The summed E-state index contributed by atoms with van der Waals surface area (Å²) >= 11 is 6.03. The SMILES string of the molecule is CCCCN(c1ccccc1)c1ncccc1CCl. The summed E-state index contributed by atoms with van der Waals surface area (Å²) in [5, 5.41) is 0. The Labute approximate surface area is 120 Å². The average molecular weight is 275 g/mol. The number of anilines is 2. The lowest BCUT2D eigenvalue weighted by atomic mass is 10.2. The molecule has 2 rings (SSSR count). The number of aromatic nitrogens is 1. The Kier molecular flexibility index (Phi) is 5.22. The summed E-state index contributed by atoms with van der Waals surface area (Å²) in [5.41, 5.74) is 2.24. The molecule has 19 heavy (non-hydrogen) atoms. The van der Waals surface area contributed by atoms with Gasteiger partial charge in [-0.3, -0.25) is 0 Å². The summed E-state index contributed by atoms with van der Waals surface area (Å²) in [5.74, 6) is 1.45. The second-order valence-corrected chi connectivity index (χ2v) is 4.73. The van der Waals surface area contributed by atoms with Crippen molar-refractivity contribution in [1.29, 1.82) is 0 Å². The highest BCUT2D eigenvalue weighted by Gasteiger charge is 2.13. The van der Waals surface area contributed by atoms with E-state index < -0.39 is 0 Å². The van der Waals surface area contributed by atoms with E-state index in [9.17, 15) is 0 Å². The molecule has 0 N–H and O–H groups in total. The maximum Gasteiger partial charge on any atom is 0.137 e. The van der Waals surface area contributed by atoms with Crippen LogP contribution in [0.1, 0.15) is 25.3 Å². The summed E-state index contributed by atoms with van der Waals surface area (Å²) in [6.45, 7) is 3.16. The van der Waals surface area contributed by atoms with Crippen LogP contribution in [0.3, 0.4) is 0 Å². The second kappa shape index (κ2) is 7.15. The topological polar surface area (TPSA) is 16.1 Å². The molecule has 0 aliphatic heterocycles. The fourth-order valence-corrected chi connectivity index (χ4v) is 2.27. The molecule has 0 aliphatic carbocycles. The van der Waals surface area contributed by atoms with Gasteiger partial charge in [0.2, 0.25) is 0 Å². The number of rotatable bonds is 6. The van der Waals surface area contributed by atoms with Crippen LogP contribution >= 0.6 is 11.6 Å². The van der Waals surface area contributed by atoms with Gasteiger partial charge in [-0.05, 0) is 24.6 Å². The van der Waals surface area contributed by atoms with Crippen molar-refractivity contribution >= 4 is 23.1 Å². The van der Waals surface area contributed by atoms with Crippen LogP contribution in [0.4, 0.5) is 11.5 Å². The summed E-state index contributed by atoms with van der Waals surface area (Å²) in [6, 6.07) is 14.3. The first kappa shape index (κ1) is 13.9. The zero-order chi connectivity index (χ0) is 13.5. The number of pyridine rings is 1. The van der Waals surface area contributed by atoms with Crippen LogP contribution in [0.2, 0.25) is 0 Å². The molecule has 100 valence electrons. The number of unbranched alkanes of at least 4 members (excludes halogenated alkanes) is 1. The summed E-state index contributed by atoms with van der Waals surface area (Å²) in [7, 11) is 0. The molecule has 0 bridgehead atoms. The zero-order valence-electron chi connectivity index (χ0n) is 11.2. The van der Waals surface area contributed by atoms with Gasteiger partial charge in [-0.15, -0.1) is 11.6 Å². The van der Waals surface area contributed by atoms with Gasteiger partial charge in [0, 0.05) is 24.0 Å². The van der Waals surface area contributed by atoms with Crippen molar-refractivity contribution in [2.45, 2.75) is 25.6 Å². The van der Waals surface area contributed by atoms with E-state index in [-0.39, 0.29) is 0 Å². The lowest BCUT2D eigenvalue weighted by Gasteiger charge is -2.25. The van der Waals surface area contributed by atoms with Crippen LogP contribution < -0.4 is 4.90 Å². The zero-order valence-corrected chi connectivity index (χ0v) is 12.0. The lowest BCUT2D eigenvalue weighted by Crippen LogP contribution is -2.20. The minimum atomic E-state index is 0.485. The molecule has 0 atom stereocenters. The number of para-hydroxylation sites is 1. The van der Waals surface area contributed by atoms with E-state index >= 15 is 0 Å². The van der Waals surface area contributed by atoms with E-state index in [1.54, 1.807) is 0 Å². The number of hydrogen-bond acceptors (Lipinski definition) is 2. The molecule has 0 saturated heterocycles. The van der Waals surface area contributed by atoms with Gasteiger partial charge in [-0.25, -0.2) is 4.98 Å². The molecule has 1 heterocycles. The quantitative estimate of drug-likeness (QED) is 0.706. The first-order chi connectivity index (χ1) is 9.36. The molecule has 1 aromatic carbocycles. The van der Waals surface area contributed by atoms with Gasteiger partial charge in [0.1, 0.15) is 5.82 Å². The minimum absolute atomic E-state index is 0.485. The molecule has 0 fully saturated rings. The Morgan fingerprint density at radius 2 is 1.89 bits per heavy atom. The first-order valence-corrected chi connectivity index (χ1v) is 7.22. The molecule has 3 heteroatoms. The molecule has 0 radical (unpaired) electrons. The van der Waals surface area contributed by atoms with Gasteiger partial charge in [0.05, 0.1) is 5.88 Å². The maximum absolute atomic E-state index is 6.03. The van der Waals surface area contributed by atoms with Gasteiger partial charge in [-0.1, -0.05) is 37.6 Å². The van der Waals surface area contributed by atoms with Crippen molar-refractivity contribution in [3.8, 4) is 0 Å². The van der Waals surface area contributed by atoms with Crippen LogP contribution in [0.25, 0.3) is 0 Å². The van der Waals surface area contributed by atoms with E-state index in [4.69, 9.17) is 11.6 Å². The van der Waals surface area contributed by atoms with Gasteiger partial charge < -0.3 is 4.90 Å². The highest BCUT2D eigenvalue weighted by Crippen LogP contribution is 2.27. The fourth-order valence-electron chi connectivity index (χ4n) is 2.06. The molecular weight excluding hydrogens is 256 g/mol. The predicted molar refractivity (Wildman–Crippen MR) is 82.2 cm³/mol. The van der Waals surface area contributed by atoms with Crippen molar-refractivity contribution in [1.82, 2.24) is 4.98 Å². The van der Waals surface area contributed by atoms with Crippen LogP contribution in [0.15, 0.2) is 48.7 Å². The van der Waals surface area contributed by atoms with Gasteiger partial charge >= 0.3 is 0 Å². The number of halogens is 1. The Balaban J connectivity index is 2.37. The summed E-state index contributed by atoms with van der Waals surface area (Å²) < 4.78 is 0. The molecule has 0 aliphatic rings. The number of hydrogen-bond donors (Lipinski definition) is 0. The third kappa shape index (κ3) is 3.48. The molecule has 0 amide bonds. The number of nitrogens with zero attached hydrogens (tertiary/aromatic N) is 2. The summed E-state index contributed by atoms with van der Waals surface area (Å²) in [4.78, 5) is 6.77. The lowest BCUT2D eigenvalue weighted by molar-refractivity contribution is 0.777. The normalized spacial score (nSPS) is 10.4. The van der Waals surface area contributed by atoms with Gasteiger partial charge in [0.15, 0.2) is 0 Å². The van der Waals surface area contributed by atoms with Gasteiger partial charge in [-0.2, -0.15) is 0 Å². The van der Waals surface area contributed by atoms with Crippen molar-refractivity contribution in [2.75, 3.05) is 11.4 Å². The smallest absolute Gasteiger partial charge is 0.137 e. The van der Waals surface area contributed by atoms with Crippen LogP contribution in [0.5, 0.6) is 0 Å². The van der Waals surface area contributed by atoms with E-state index in [2.05, 4.69) is 41.1 Å². The monoisotopic (exact) mass is 274 g/mol. The number of alkyl halides is 1. The Morgan fingerprint density at radius 3 is 2.58 bits per heavy atom. The van der Waals surface area contributed by atoms with Crippen LogP contribution in [-0.4, -0.2) is 11.5 Å². The van der Waals surface area contributed by atoms with Crippen LogP contribution in [0, 0.1) is 0 Å². The molecular formula is C16H19ClN2. The highest BCUT2D eigenvalue weighted by atomic mass is 35.5. The third-order valence-corrected chi connectivity index (χ3v) is 3.36. The molecule has 2 nitrogen and oxygen atoms in total. The van der Waals surface area contributed by atoms with Crippen molar-refractivity contribution in [2.24, 2.45) is 0 Å². The molecule has 0 spiro atoms. The Morgan fingerprint density at radius 1 is 1.11 bits per heavy atom. The van der Waals surface area contributed by atoms with Crippen LogP contribution in [-0.2, 0) is 5.88 Å². The van der Waals surface area contributed by atoms with Crippen molar-refractivity contribution in [3.05, 3.63) is 54.2 Å². The minimum Gasteiger partial charge on any atom is -0.326 e. The van der Waals surface area contributed by atoms with Crippen molar-refractivity contribution < 1.29 is 0 Å².